The normalized spacial score (nSPS) is 13.8. The van der Waals surface area contributed by atoms with E-state index >= 15 is 0 Å². The monoisotopic (exact) mass is 859 g/mol. The summed E-state index contributed by atoms with van der Waals surface area (Å²) >= 11 is 1.86. The molecule has 0 atom stereocenters. The van der Waals surface area contributed by atoms with Crippen LogP contribution in [0.15, 0.2) is 237 Å². The van der Waals surface area contributed by atoms with Crippen LogP contribution in [0.25, 0.3) is 64.7 Å². The largest absolute Gasteiger partial charge is 0.311 e. The van der Waals surface area contributed by atoms with Crippen molar-refractivity contribution in [2.24, 2.45) is 0 Å². The highest BCUT2D eigenvalue weighted by Gasteiger charge is 2.53. The molecule has 0 bridgehead atoms. The lowest BCUT2D eigenvalue weighted by molar-refractivity contribution is 0.563. The Balaban J connectivity index is 0.927. The zero-order valence-corrected chi connectivity index (χ0v) is 37.7. The maximum Gasteiger partial charge on any atom is 0.0719 e. The van der Waals surface area contributed by atoms with Gasteiger partial charge in [0.25, 0.3) is 0 Å². The second-order valence-corrected chi connectivity index (χ2v) is 19.5. The van der Waals surface area contributed by atoms with Crippen molar-refractivity contribution < 1.29 is 0 Å². The Morgan fingerprint density at radius 2 is 0.773 bits per heavy atom. The van der Waals surface area contributed by atoms with Crippen molar-refractivity contribution in [2.45, 2.75) is 24.7 Å². The molecule has 1 spiro atoms. The first-order valence-corrected chi connectivity index (χ1v) is 23.8. The molecule has 2 heteroatoms. The molecule has 1 aromatic heterocycles. The van der Waals surface area contributed by atoms with Crippen molar-refractivity contribution in [1.82, 2.24) is 0 Å². The van der Waals surface area contributed by atoms with Crippen LogP contribution in [0.2, 0.25) is 0 Å². The van der Waals surface area contributed by atoms with Gasteiger partial charge in [-0.15, -0.1) is 11.3 Å². The van der Waals surface area contributed by atoms with Gasteiger partial charge < -0.3 is 4.90 Å². The van der Waals surface area contributed by atoms with E-state index in [1.165, 1.54) is 98.1 Å². The first-order valence-electron chi connectivity index (χ1n) is 23.0. The molecule has 11 aromatic rings. The lowest BCUT2D eigenvalue weighted by atomic mass is 9.55. The molecule has 0 fully saturated rings. The molecule has 0 aliphatic heterocycles. The van der Waals surface area contributed by atoms with E-state index in [9.17, 15) is 0 Å². The molecule has 2 aliphatic rings. The lowest BCUT2D eigenvalue weighted by Crippen LogP contribution is -2.40. The van der Waals surface area contributed by atoms with Crippen LogP contribution < -0.4 is 4.90 Å². The topological polar surface area (TPSA) is 3.24 Å². The number of fused-ring (bicyclic) bond motifs is 12. The summed E-state index contributed by atoms with van der Waals surface area (Å²) in [6, 6.07) is 88.1. The third-order valence-electron chi connectivity index (χ3n) is 14.6. The highest BCUT2D eigenvalue weighted by Crippen LogP contribution is 2.63. The van der Waals surface area contributed by atoms with Gasteiger partial charge in [0.1, 0.15) is 0 Å². The summed E-state index contributed by atoms with van der Waals surface area (Å²) in [5.41, 5.74) is 20.9. The predicted molar refractivity (Wildman–Crippen MR) is 280 cm³/mol. The zero-order valence-electron chi connectivity index (χ0n) is 36.9. The summed E-state index contributed by atoms with van der Waals surface area (Å²) in [5, 5.41) is 2.64. The quantitative estimate of drug-likeness (QED) is 0.161. The molecule has 1 nitrogen and oxygen atoms in total. The van der Waals surface area contributed by atoms with E-state index in [0.29, 0.717) is 0 Å². The second-order valence-electron chi connectivity index (χ2n) is 18.4. The van der Waals surface area contributed by atoms with Crippen molar-refractivity contribution in [3.8, 4) is 44.5 Å². The molecular formula is C64H45NS. The van der Waals surface area contributed by atoms with Crippen LogP contribution >= 0.6 is 11.3 Å². The van der Waals surface area contributed by atoms with E-state index in [0.717, 1.165) is 17.1 Å². The van der Waals surface area contributed by atoms with Crippen LogP contribution in [0.4, 0.5) is 17.1 Å². The van der Waals surface area contributed by atoms with E-state index < -0.39 is 5.41 Å². The summed E-state index contributed by atoms with van der Waals surface area (Å²) in [6.45, 7) is 4.78. The predicted octanol–water partition coefficient (Wildman–Crippen LogP) is 17.5. The van der Waals surface area contributed by atoms with E-state index in [1.807, 2.05) is 11.3 Å². The standard InChI is InChI=1S/C64H45NS/c1-63(2)55-21-9-11-23-57(55)64(58-24-12-10-22-56(58)63)54-20-8-6-18-52(54)62-50(19-14-25-59(62)64)45-31-38-49(39-32-45)65(47-34-27-43(28-35-47)42-15-4-3-5-16-42)48-36-29-44(30-37-48)46-33-40-61-53(41-46)51-17-7-13-26-60(51)66-61/h3-41H,1-2H3. The molecule has 0 radical (unpaired) electrons. The SMILES string of the molecule is CC1(C)c2ccccc2C2(c3ccccc3-c3c(-c4ccc(N(c5ccc(-c6ccccc6)cc5)c5ccc(-c6ccc7sc8ccccc8c7c6)cc5)cc4)cccc32)c2ccccc21. The fraction of sp³-hybridized carbons (Fsp3) is 0.0625. The first kappa shape index (κ1) is 38.7. The van der Waals surface area contributed by atoms with Crippen LogP contribution in [-0.4, -0.2) is 0 Å². The Kier molecular flexibility index (Phi) is 8.72. The maximum atomic E-state index is 2.39. The smallest absolute Gasteiger partial charge is 0.0719 e. The molecular weight excluding hydrogens is 815 g/mol. The molecule has 13 rings (SSSR count). The number of thiophene rings is 1. The van der Waals surface area contributed by atoms with Crippen molar-refractivity contribution in [2.75, 3.05) is 4.90 Å². The van der Waals surface area contributed by atoms with Crippen LogP contribution in [0, 0.1) is 0 Å². The number of rotatable bonds is 6. The van der Waals surface area contributed by atoms with Gasteiger partial charge in [-0.05, 0) is 132 Å². The van der Waals surface area contributed by atoms with E-state index in [2.05, 4.69) is 255 Å². The molecule has 0 N–H and O–H groups in total. The maximum absolute atomic E-state index is 2.39. The highest BCUT2D eigenvalue weighted by molar-refractivity contribution is 7.25. The molecule has 66 heavy (non-hydrogen) atoms. The van der Waals surface area contributed by atoms with Crippen LogP contribution in [0.5, 0.6) is 0 Å². The Morgan fingerprint density at radius 1 is 0.318 bits per heavy atom. The van der Waals surface area contributed by atoms with Gasteiger partial charge in [0.2, 0.25) is 0 Å². The molecule has 312 valence electrons. The minimum Gasteiger partial charge on any atom is -0.311 e. The van der Waals surface area contributed by atoms with Crippen molar-refractivity contribution in [3.63, 3.8) is 0 Å². The average molecular weight is 860 g/mol. The fourth-order valence-corrected chi connectivity index (χ4v) is 12.6. The fourth-order valence-electron chi connectivity index (χ4n) is 11.5. The third-order valence-corrected chi connectivity index (χ3v) is 15.7. The second kappa shape index (κ2) is 14.9. The number of benzene rings is 10. The Morgan fingerprint density at radius 3 is 1.42 bits per heavy atom. The summed E-state index contributed by atoms with van der Waals surface area (Å²) in [4.78, 5) is 2.38. The van der Waals surface area contributed by atoms with Crippen LogP contribution in [-0.2, 0) is 10.8 Å². The summed E-state index contributed by atoms with van der Waals surface area (Å²) in [5.74, 6) is 0. The van der Waals surface area contributed by atoms with Gasteiger partial charge in [0, 0.05) is 42.6 Å². The average Bonchev–Trinajstić information content (AvgIpc) is 3.90. The number of hydrogen-bond acceptors (Lipinski definition) is 2. The Labute approximate surface area is 390 Å². The number of anilines is 3. The zero-order chi connectivity index (χ0) is 44.0. The summed E-state index contributed by atoms with van der Waals surface area (Å²) in [7, 11) is 0. The molecule has 1 heterocycles. The molecule has 0 saturated heterocycles. The summed E-state index contributed by atoms with van der Waals surface area (Å²) in [6.07, 6.45) is 0. The molecule has 2 aliphatic carbocycles. The minimum atomic E-state index is -0.428. The Bertz CT molecular complexity index is 3600. The van der Waals surface area contributed by atoms with Gasteiger partial charge in [0.15, 0.2) is 0 Å². The van der Waals surface area contributed by atoms with E-state index in [4.69, 9.17) is 0 Å². The van der Waals surface area contributed by atoms with E-state index in [1.54, 1.807) is 0 Å². The number of nitrogens with zero attached hydrogens (tertiary/aromatic N) is 1. The third kappa shape index (κ3) is 5.71. The molecule has 10 aromatic carbocycles. The lowest BCUT2D eigenvalue weighted by Gasteiger charge is -2.46. The van der Waals surface area contributed by atoms with Gasteiger partial charge in [-0.25, -0.2) is 0 Å². The highest BCUT2D eigenvalue weighted by atomic mass is 32.1. The first-order chi connectivity index (χ1) is 32.5. The minimum absolute atomic E-state index is 0.134. The Hall–Kier alpha value is -7.78. The van der Waals surface area contributed by atoms with Gasteiger partial charge in [0.05, 0.1) is 5.41 Å². The van der Waals surface area contributed by atoms with Crippen LogP contribution in [0.3, 0.4) is 0 Å². The van der Waals surface area contributed by atoms with Crippen molar-refractivity contribution in [3.05, 3.63) is 270 Å². The number of hydrogen-bond donors (Lipinski definition) is 0. The van der Waals surface area contributed by atoms with Gasteiger partial charge >= 0.3 is 0 Å². The van der Waals surface area contributed by atoms with E-state index in [-0.39, 0.29) is 5.41 Å². The van der Waals surface area contributed by atoms with Gasteiger partial charge in [-0.3, -0.25) is 0 Å². The molecule has 0 saturated carbocycles. The van der Waals surface area contributed by atoms with Gasteiger partial charge in [-0.1, -0.05) is 196 Å². The van der Waals surface area contributed by atoms with Crippen molar-refractivity contribution in [1.29, 1.82) is 0 Å². The summed E-state index contributed by atoms with van der Waals surface area (Å²) < 4.78 is 2.65. The van der Waals surface area contributed by atoms with Crippen LogP contribution in [0.1, 0.15) is 47.2 Å². The molecule has 0 amide bonds. The van der Waals surface area contributed by atoms with Crippen molar-refractivity contribution >= 4 is 48.6 Å². The van der Waals surface area contributed by atoms with Gasteiger partial charge in [-0.2, -0.15) is 0 Å². The molecule has 0 unspecified atom stereocenters.